The van der Waals surface area contributed by atoms with Crippen molar-refractivity contribution in [2.75, 3.05) is 6.61 Å². The van der Waals surface area contributed by atoms with Crippen LogP contribution < -0.4 is 5.56 Å². The number of rotatable bonds is 5. The molecule has 1 atom stereocenters. The zero-order valence-electron chi connectivity index (χ0n) is 12.9. The summed E-state index contributed by atoms with van der Waals surface area (Å²) in [6.45, 7) is 4.42. The molecule has 3 heterocycles. The van der Waals surface area contributed by atoms with Gasteiger partial charge in [0.05, 0.1) is 0 Å². The maximum atomic E-state index is 12.5. The number of hydrogen-bond acceptors (Lipinski definition) is 7. The smallest absolute Gasteiger partial charge is 0.266 e. The first-order chi connectivity index (χ1) is 11.0. The number of aryl methyl sites for hydroxylation is 1. The van der Waals surface area contributed by atoms with Crippen molar-refractivity contribution >= 4 is 27.0 Å². The summed E-state index contributed by atoms with van der Waals surface area (Å²) in [5.74, 6) is 0.765. The fourth-order valence-electron chi connectivity index (χ4n) is 2.22. The van der Waals surface area contributed by atoms with E-state index in [-0.39, 0.29) is 18.2 Å². The highest BCUT2D eigenvalue weighted by Gasteiger charge is 2.17. The summed E-state index contributed by atoms with van der Waals surface area (Å²) in [5, 5.41) is 8.42. The van der Waals surface area contributed by atoms with Crippen LogP contribution in [0.2, 0.25) is 0 Å². The molecule has 0 saturated carbocycles. The monoisotopic (exact) mass is 382 g/mol. The van der Waals surface area contributed by atoms with Crippen LogP contribution in [0.15, 0.2) is 20.2 Å². The molecule has 122 valence electrons. The van der Waals surface area contributed by atoms with Crippen LogP contribution in [-0.4, -0.2) is 36.1 Å². The van der Waals surface area contributed by atoms with Gasteiger partial charge in [0, 0.05) is 13.7 Å². The van der Waals surface area contributed by atoms with E-state index in [1.165, 1.54) is 10.9 Å². The Bertz CT molecular complexity index is 899. The lowest BCUT2D eigenvalue weighted by Gasteiger charge is -2.05. The van der Waals surface area contributed by atoms with E-state index in [0.717, 1.165) is 0 Å². The number of hydrogen-bond donors (Lipinski definition) is 0. The summed E-state index contributed by atoms with van der Waals surface area (Å²) in [7, 11) is 1.73. The molecule has 0 spiro atoms. The van der Waals surface area contributed by atoms with Gasteiger partial charge in [-0.1, -0.05) is 5.16 Å². The molecular formula is C13H15BrN6O3. The van der Waals surface area contributed by atoms with Gasteiger partial charge < -0.3 is 9.26 Å². The Morgan fingerprint density at radius 1 is 1.48 bits per heavy atom. The molecule has 9 nitrogen and oxygen atoms in total. The lowest BCUT2D eigenvalue weighted by Crippen LogP contribution is -2.21. The van der Waals surface area contributed by atoms with E-state index in [0.29, 0.717) is 34.0 Å². The molecule has 0 aliphatic rings. The standard InChI is InChI=1S/C13H15BrN6O3/c1-4-22-7(2)11-16-8(23-18-11)5-20-6-15-12-9(13(20)21)10(14)17-19(12)3/h6-7H,4-5H2,1-3H3. The van der Waals surface area contributed by atoms with Crippen molar-refractivity contribution < 1.29 is 9.26 Å². The van der Waals surface area contributed by atoms with E-state index in [4.69, 9.17) is 9.26 Å². The SMILES string of the molecule is CCOC(C)c1noc(Cn2cnc3c(c(Br)nn3C)c2=O)n1. The first kappa shape index (κ1) is 15.8. The second kappa shape index (κ2) is 6.20. The Morgan fingerprint density at radius 2 is 2.26 bits per heavy atom. The van der Waals surface area contributed by atoms with E-state index in [9.17, 15) is 4.79 Å². The molecule has 0 fully saturated rings. The molecule has 0 N–H and O–H groups in total. The van der Waals surface area contributed by atoms with Crippen LogP contribution >= 0.6 is 15.9 Å². The summed E-state index contributed by atoms with van der Waals surface area (Å²) in [6, 6.07) is 0. The minimum Gasteiger partial charge on any atom is -0.371 e. The van der Waals surface area contributed by atoms with Gasteiger partial charge in [-0.2, -0.15) is 10.1 Å². The minimum absolute atomic E-state index is 0.134. The van der Waals surface area contributed by atoms with Crippen molar-refractivity contribution in [3.63, 3.8) is 0 Å². The van der Waals surface area contributed by atoms with E-state index in [1.807, 2.05) is 13.8 Å². The highest BCUT2D eigenvalue weighted by atomic mass is 79.9. The molecular weight excluding hydrogens is 368 g/mol. The number of nitrogens with zero attached hydrogens (tertiary/aromatic N) is 6. The topological polar surface area (TPSA) is 101 Å². The third-order valence-corrected chi connectivity index (χ3v) is 3.89. The molecule has 0 saturated heterocycles. The van der Waals surface area contributed by atoms with Crippen LogP contribution in [0.25, 0.3) is 11.0 Å². The Kier molecular flexibility index (Phi) is 4.26. The normalized spacial score (nSPS) is 12.9. The van der Waals surface area contributed by atoms with Gasteiger partial charge in [0.2, 0.25) is 5.89 Å². The highest BCUT2D eigenvalue weighted by Crippen LogP contribution is 2.17. The summed E-state index contributed by atoms with van der Waals surface area (Å²) < 4.78 is 14.0. The molecule has 0 amide bonds. The van der Waals surface area contributed by atoms with Crippen LogP contribution in [0.4, 0.5) is 0 Å². The summed E-state index contributed by atoms with van der Waals surface area (Å²) in [4.78, 5) is 21.0. The fraction of sp³-hybridized carbons (Fsp3) is 0.462. The van der Waals surface area contributed by atoms with Crippen molar-refractivity contribution in [2.45, 2.75) is 26.5 Å². The number of aromatic nitrogens is 6. The molecule has 3 aromatic rings. The van der Waals surface area contributed by atoms with Crippen molar-refractivity contribution in [1.82, 2.24) is 29.5 Å². The Balaban J connectivity index is 1.92. The Hall–Kier alpha value is -2.07. The molecule has 3 rings (SSSR count). The van der Waals surface area contributed by atoms with Crippen LogP contribution in [0, 0.1) is 0 Å². The lowest BCUT2D eigenvalue weighted by molar-refractivity contribution is 0.0683. The van der Waals surface area contributed by atoms with Gasteiger partial charge in [0.15, 0.2) is 11.5 Å². The van der Waals surface area contributed by atoms with Crippen molar-refractivity contribution in [3.8, 4) is 0 Å². The van der Waals surface area contributed by atoms with Gasteiger partial charge in [-0.3, -0.25) is 9.36 Å². The Morgan fingerprint density at radius 3 is 3.00 bits per heavy atom. The number of halogens is 1. The lowest BCUT2D eigenvalue weighted by atomic mass is 10.4. The molecule has 0 aromatic carbocycles. The van der Waals surface area contributed by atoms with Gasteiger partial charge in [-0.15, -0.1) is 0 Å². The van der Waals surface area contributed by atoms with E-state index < -0.39 is 0 Å². The predicted octanol–water partition coefficient (Wildman–Crippen LogP) is 1.42. The van der Waals surface area contributed by atoms with Crippen molar-refractivity contribution in [2.24, 2.45) is 7.05 Å². The minimum atomic E-state index is -0.262. The highest BCUT2D eigenvalue weighted by molar-refractivity contribution is 9.10. The van der Waals surface area contributed by atoms with Crippen LogP contribution in [0.5, 0.6) is 0 Å². The zero-order valence-corrected chi connectivity index (χ0v) is 14.4. The molecule has 0 radical (unpaired) electrons. The van der Waals surface area contributed by atoms with Gasteiger partial charge >= 0.3 is 0 Å². The second-order valence-corrected chi connectivity index (χ2v) is 5.69. The maximum absolute atomic E-state index is 12.5. The van der Waals surface area contributed by atoms with Crippen LogP contribution in [0.3, 0.4) is 0 Å². The molecule has 0 aliphatic carbocycles. The third kappa shape index (κ3) is 2.91. The first-order valence-corrected chi connectivity index (χ1v) is 7.82. The summed E-state index contributed by atoms with van der Waals surface area (Å²) >= 11 is 3.28. The third-order valence-electron chi connectivity index (χ3n) is 3.34. The predicted molar refractivity (Wildman–Crippen MR) is 83.9 cm³/mol. The van der Waals surface area contributed by atoms with Gasteiger partial charge in [0.25, 0.3) is 5.56 Å². The maximum Gasteiger partial charge on any atom is 0.266 e. The number of ether oxygens (including phenoxy) is 1. The fourth-order valence-corrected chi connectivity index (χ4v) is 2.80. The van der Waals surface area contributed by atoms with Crippen molar-refractivity contribution in [3.05, 3.63) is 33.0 Å². The van der Waals surface area contributed by atoms with Crippen molar-refractivity contribution in [1.29, 1.82) is 0 Å². The molecule has 3 aromatic heterocycles. The second-order valence-electron chi connectivity index (χ2n) is 4.93. The van der Waals surface area contributed by atoms with Gasteiger partial charge in [-0.25, -0.2) is 9.67 Å². The van der Waals surface area contributed by atoms with Crippen LogP contribution in [0.1, 0.15) is 31.7 Å². The molecule has 1 unspecified atom stereocenters. The summed E-state index contributed by atoms with van der Waals surface area (Å²) in [5.41, 5.74) is 0.280. The first-order valence-electron chi connectivity index (χ1n) is 7.03. The molecule has 10 heteroatoms. The average molecular weight is 383 g/mol. The summed E-state index contributed by atoms with van der Waals surface area (Å²) in [6.07, 6.45) is 1.18. The zero-order chi connectivity index (χ0) is 16.6. The average Bonchev–Trinajstić information content (AvgIpc) is 3.08. The molecule has 23 heavy (non-hydrogen) atoms. The van der Waals surface area contributed by atoms with E-state index >= 15 is 0 Å². The van der Waals surface area contributed by atoms with Gasteiger partial charge in [-0.05, 0) is 29.8 Å². The Labute approximate surface area is 139 Å². The molecule has 0 bridgehead atoms. The van der Waals surface area contributed by atoms with E-state index in [1.54, 1.807) is 11.7 Å². The quantitative estimate of drug-likeness (QED) is 0.657. The number of fused-ring (bicyclic) bond motifs is 1. The van der Waals surface area contributed by atoms with Crippen LogP contribution in [-0.2, 0) is 18.3 Å². The molecule has 0 aliphatic heterocycles. The van der Waals surface area contributed by atoms with E-state index in [2.05, 4.69) is 36.2 Å². The largest absolute Gasteiger partial charge is 0.371 e. The van der Waals surface area contributed by atoms with Gasteiger partial charge in [0.1, 0.15) is 29.0 Å².